The van der Waals surface area contributed by atoms with Crippen LogP contribution in [0.2, 0.25) is 10.0 Å². The Kier molecular flexibility index (Phi) is 4.02. The zero-order chi connectivity index (χ0) is 14.1. The fourth-order valence-corrected chi connectivity index (χ4v) is 3.16. The number of aliphatic hydroxyl groups excluding tert-OH is 1. The number of hydrogen-bond donors (Lipinski definition) is 1. The highest BCUT2D eigenvalue weighted by molar-refractivity contribution is 6.36. The summed E-state index contributed by atoms with van der Waals surface area (Å²) in [4.78, 5) is 0. The van der Waals surface area contributed by atoms with Crippen molar-refractivity contribution in [2.24, 2.45) is 0 Å². The van der Waals surface area contributed by atoms with Crippen molar-refractivity contribution in [1.29, 1.82) is 0 Å². The smallest absolute Gasteiger partial charge is 0.0834 e. The van der Waals surface area contributed by atoms with Crippen molar-refractivity contribution < 1.29 is 5.11 Å². The molecule has 20 heavy (non-hydrogen) atoms. The Bertz CT molecular complexity index is 600. The van der Waals surface area contributed by atoms with E-state index in [2.05, 4.69) is 6.07 Å². The first kappa shape index (κ1) is 13.9. The number of hydrogen-bond acceptors (Lipinski definition) is 1. The fraction of sp³-hybridized carbons (Fsp3) is 0.294. The molecule has 1 nitrogen and oxygen atoms in total. The van der Waals surface area contributed by atoms with Gasteiger partial charge >= 0.3 is 0 Å². The van der Waals surface area contributed by atoms with Gasteiger partial charge in [0, 0.05) is 16.5 Å². The molecule has 0 aromatic heterocycles. The summed E-state index contributed by atoms with van der Waals surface area (Å²) in [6.07, 6.45) is 2.32. The molecule has 1 atom stereocenters. The predicted molar refractivity (Wildman–Crippen MR) is 83.5 cm³/mol. The highest BCUT2D eigenvalue weighted by Gasteiger charge is 2.27. The van der Waals surface area contributed by atoms with E-state index in [1.54, 1.807) is 0 Å². The minimum atomic E-state index is -0.566. The summed E-state index contributed by atoms with van der Waals surface area (Å²) in [7, 11) is 0. The fourth-order valence-electron chi connectivity index (χ4n) is 2.61. The van der Waals surface area contributed by atoms with Gasteiger partial charge in [0.15, 0.2) is 0 Å². The van der Waals surface area contributed by atoms with Crippen LogP contribution in [0.15, 0.2) is 42.5 Å². The molecule has 3 heteroatoms. The standard InChI is InChI=1S/C17H16Cl2O/c18-15-6-3-7-16(19)14(15)10-17(20)13-5-2-1-4-12(13)11-8-9-11/h1-7,11,17,20H,8-10H2. The number of halogens is 2. The number of benzene rings is 2. The second kappa shape index (κ2) is 5.77. The maximum atomic E-state index is 10.6. The Morgan fingerprint density at radius 2 is 1.65 bits per heavy atom. The van der Waals surface area contributed by atoms with E-state index in [0.29, 0.717) is 22.4 Å². The van der Waals surface area contributed by atoms with Crippen LogP contribution < -0.4 is 0 Å². The van der Waals surface area contributed by atoms with Gasteiger partial charge in [-0.3, -0.25) is 0 Å². The summed E-state index contributed by atoms with van der Waals surface area (Å²) < 4.78 is 0. The summed E-state index contributed by atoms with van der Waals surface area (Å²) >= 11 is 12.4. The van der Waals surface area contributed by atoms with E-state index < -0.39 is 6.10 Å². The maximum absolute atomic E-state index is 10.6. The zero-order valence-electron chi connectivity index (χ0n) is 11.0. The first-order valence-electron chi connectivity index (χ1n) is 6.86. The van der Waals surface area contributed by atoms with Crippen LogP contribution in [-0.4, -0.2) is 5.11 Å². The lowest BCUT2D eigenvalue weighted by Crippen LogP contribution is -2.06. The van der Waals surface area contributed by atoms with Crippen LogP contribution in [0.5, 0.6) is 0 Å². The van der Waals surface area contributed by atoms with Gasteiger partial charge in [-0.2, -0.15) is 0 Å². The molecule has 0 spiro atoms. The number of rotatable bonds is 4. The average molecular weight is 307 g/mol. The number of aliphatic hydroxyl groups is 1. The largest absolute Gasteiger partial charge is 0.388 e. The molecule has 1 unspecified atom stereocenters. The van der Waals surface area contributed by atoms with E-state index in [1.165, 1.54) is 18.4 Å². The lowest BCUT2D eigenvalue weighted by atomic mass is 9.95. The molecule has 104 valence electrons. The van der Waals surface area contributed by atoms with Crippen molar-refractivity contribution in [3.05, 3.63) is 69.2 Å². The van der Waals surface area contributed by atoms with E-state index in [1.807, 2.05) is 36.4 Å². The lowest BCUT2D eigenvalue weighted by Gasteiger charge is -2.17. The predicted octanol–water partition coefficient (Wildman–Crippen LogP) is 5.15. The minimum absolute atomic E-state index is 0.447. The molecular weight excluding hydrogens is 291 g/mol. The SMILES string of the molecule is OC(Cc1c(Cl)cccc1Cl)c1ccccc1C1CC1. The minimum Gasteiger partial charge on any atom is -0.388 e. The quantitative estimate of drug-likeness (QED) is 0.828. The summed E-state index contributed by atoms with van der Waals surface area (Å²) in [5.41, 5.74) is 3.09. The van der Waals surface area contributed by atoms with Gasteiger partial charge in [0.25, 0.3) is 0 Å². The van der Waals surface area contributed by atoms with E-state index in [9.17, 15) is 5.11 Å². The summed E-state index contributed by atoms with van der Waals surface area (Å²) in [6.45, 7) is 0. The molecule has 3 rings (SSSR count). The third kappa shape index (κ3) is 2.85. The molecule has 0 amide bonds. The van der Waals surface area contributed by atoms with Gasteiger partial charge < -0.3 is 5.11 Å². The first-order chi connectivity index (χ1) is 9.66. The molecule has 0 saturated heterocycles. The molecule has 0 bridgehead atoms. The van der Waals surface area contributed by atoms with Crippen molar-refractivity contribution >= 4 is 23.2 Å². The Morgan fingerprint density at radius 3 is 2.30 bits per heavy atom. The summed E-state index contributed by atoms with van der Waals surface area (Å²) in [6, 6.07) is 13.6. The highest BCUT2D eigenvalue weighted by atomic mass is 35.5. The van der Waals surface area contributed by atoms with Crippen LogP contribution in [-0.2, 0) is 6.42 Å². The molecule has 2 aromatic rings. The molecular formula is C17H16Cl2O. The van der Waals surface area contributed by atoms with Gasteiger partial charge in [-0.15, -0.1) is 0 Å². The van der Waals surface area contributed by atoms with Crippen molar-refractivity contribution in [3.63, 3.8) is 0 Å². The van der Waals surface area contributed by atoms with Crippen molar-refractivity contribution in [2.75, 3.05) is 0 Å². The Labute approximate surface area is 129 Å². The molecule has 0 heterocycles. The summed E-state index contributed by atoms with van der Waals surface area (Å²) in [5, 5.41) is 11.8. The first-order valence-corrected chi connectivity index (χ1v) is 7.62. The van der Waals surface area contributed by atoms with Crippen LogP contribution in [0.1, 0.15) is 41.6 Å². The van der Waals surface area contributed by atoms with Gasteiger partial charge in [-0.05, 0) is 47.6 Å². The topological polar surface area (TPSA) is 20.2 Å². The zero-order valence-corrected chi connectivity index (χ0v) is 12.5. The molecule has 1 saturated carbocycles. The third-order valence-corrected chi connectivity index (χ3v) is 4.54. The van der Waals surface area contributed by atoms with Crippen molar-refractivity contribution in [2.45, 2.75) is 31.3 Å². The average Bonchev–Trinajstić information content (AvgIpc) is 3.27. The van der Waals surface area contributed by atoms with E-state index in [0.717, 1.165) is 11.1 Å². The van der Waals surface area contributed by atoms with Gasteiger partial charge in [-0.1, -0.05) is 53.5 Å². The third-order valence-electron chi connectivity index (χ3n) is 3.83. The monoisotopic (exact) mass is 306 g/mol. The molecule has 1 N–H and O–H groups in total. The van der Waals surface area contributed by atoms with Crippen LogP contribution in [0.4, 0.5) is 0 Å². The Hall–Kier alpha value is -1.02. The molecule has 1 aliphatic rings. The second-order valence-electron chi connectivity index (χ2n) is 5.32. The van der Waals surface area contributed by atoms with E-state index in [-0.39, 0.29) is 0 Å². The van der Waals surface area contributed by atoms with E-state index >= 15 is 0 Å². The Balaban J connectivity index is 1.88. The molecule has 1 aliphatic carbocycles. The highest BCUT2D eigenvalue weighted by Crippen LogP contribution is 2.43. The second-order valence-corrected chi connectivity index (χ2v) is 6.14. The van der Waals surface area contributed by atoms with Gasteiger partial charge in [0.05, 0.1) is 6.10 Å². The molecule has 0 aliphatic heterocycles. The van der Waals surface area contributed by atoms with E-state index in [4.69, 9.17) is 23.2 Å². The lowest BCUT2D eigenvalue weighted by molar-refractivity contribution is 0.177. The van der Waals surface area contributed by atoms with Gasteiger partial charge in [0.2, 0.25) is 0 Å². The van der Waals surface area contributed by atoms with Crippen LogP contribution >= 0.6 is 23.2 Å². The summed E-state index contributed by atoms with van der Waals surface area (Å²) in [5.74, 6) is 0.613. The van der Waals surface area contributed by atoms with Crippen molar-refractivity contribution in [3.8, 4) is 0 Å². The Morgan fingerprint density at radius 1 is 1.00 bits per heavy atom. The van der Waals surface area contributed by atoms with Crippen LogP contribution in [0, 0.1) is 0 Å². The van der Waals surface area contributed by atoms with Crippen molar-refractivity contribution in [1.82, 2.24) is 0 Å². The van der Waals surface area contributed by atoms with Gasteiger partial charge in [0.1, 0.15) is 0 Å². The molecule has 2 aromatic carbocycles. The van der Waals surface area contributed by atoms with Crippen LogP contribution in [0.25, 0.3) is 0 Å². The molecule has 1 fully saturated rings. The van der Waals surface area contributed by atoms with Crippen LogP contribution in [0.3, 0.4) is 0 Å². The molecule has 0 radical (unpaired) electrons. The normalized spacial score (nSPS) is 16.1. The maximum Gasteiger partial charge on any atom is 0.0834 e. The van der Waals surface area contributed by atoms with Gasteiger partial charge in [-0.25, -0.2) is 0 Å².